The van der Waals surface area contributed by atoms with Crippen LogP contribution in [0.2, 0.25) is 0 Å². The molecule has 0 amide bonds. The molecule has 0 radical (unpaired) electrons. The van der Waals surface area contributed by atoms with E-state index in [1.165, 1.54) is 24.3 Å². The third-order valence-electron chi connectivity index (χ3n) is 4.08. The molecule has 0 bridgehead atoms. The monoisotopic (exact) mass is 291 g/mol. The lowest BCUT2D eigenvalue weighted by Gasteiger charge is -2.41. The van der Waals surface area contributed by atoms with Gasteiger partial charge in [-0.3, -0.25) is 4.79 Å². The average Bonchev–Trinajstić information content (AvgIpc) is 2.47. The molecule has 2 atom stereocenters. The van der Waals surface area contributed by atoms with Gasteiger partial charge in [-0.2, -0.15) is 0 Å². The Hall–Kier alpha value is -2.17. The van der Waals surface area contributed by atoms with Crippen LogP contribution in [0.5, 0.6) is 0 Å². The Balaban J connectivity index is 2.56. The first-order valence-corrected chi connectivity index (χ1v) is 6.62. The number of aliphatic carboxylic acids is 1. The Bertz CT molecular complexity index is 591. The van der Waals surface area contributed by atoms with E-state index in [2.05, 4.69) is 0 Å². The van der Waals surface area contributed by atoms with E-state index in [1.807, 2.05) is 6.92 Å². The molecule has 1 aromatic rings. The van der Waals surface area contributed by atoms with Gasteiger partial charge in [-0.05, 0) is 37.5 Å². The zero-order valence-electron chi connectivity index (χ0n) is 11.9. The number of carboxylic acids is 1. The molecule has 2 rings (SSSR count). The fourth-order valence-corrected chi connectivity index (χ4v) is 2.87. The number of esters is 1. The maximum atomic E-state index is 13.1. The van der Waals surface area contributed by atoms with E-state index in [4.69, 9.17) is 4.74 Å². The topological polar surface area (TPSA) is 66.4 Å². The maximum Gasteiger partial charge on any atom is 0.318 e. The minimum absolute atomic E-state index is 0.00980. The zero-order chi connectivity index (χ0) is 15.6. The molecule has 0 N–H and O–H groups in total. The third kappa shape index (κ3) is 2.55. The van der Waals surface area contributed by atoms with Crippen molar-refractivity contribution in [3.05, 3.63) is 47.3 Å². The maximum absolute atomic E-state index is 13.1. The van der Waals surface area contributed by atoms with Gasteiger partial charge in [-0.1, -0.05) is 23.8 Å². The van der Waals surface area contributed by atoms with Gasteiger partial charge in [0.2, 0.25) is 0 Å². The molecule has 0 saturated carbocycles. The molecule has 5 heteroatoms. The summed E-state index contributed by atoms with van der Waals surface area (Å²) in [6.07, 6.45) is 2.11. The average molecular weight is 291 g/mol. The van der Waals surface area contributed by atoms with Crippen molar-refractivity contribution >= 4 is 11.9 Å². The molecule has 4 nitrogen and oxygen atoms in total. The summed E-state index contributed by atoms with van der Waals surface area (Å²) < 4.78 is 17.8. The van der Waals surface area contributed by atoms with E-state index in [9.17, 15) is 19.1 Å². The lowest BCUT2D eigenvalue weighted by Crippen LogP contribution is -2.53. The van der Waals surface area contributed by atoms with Gasteiger partial charge in [-0.25, -0.2) is 4.39 Å². The first-order chi connectivity index (χ1) is 9.91. The molecule has 0 fully saturated rings. The molecule has 0 unspecified atom stereocenters. The molecule has 0 aliphatic heterocycles. The number of benzene rings is 1. The van der Waals surface area contributed by atoms with Crippen molar-refractivity contribution < 1.29 is 23.8 Å². The minimum atomic E-state index is -1.77. The molecule has 1 aliphatic carbocycles. The smallest absolute Gasteiger partial charge is 0.318 e. The van der Waals surface area contributed by atoms with Crippen molar-refractivity contribution in [3.8, 4) is 0 Å². The van der Waals surface area contributed by atoms with Gasteiger partial charge in [0.25, 0.3) is 0 Å². The fraction of sp³-hybridized carbons (Fsp3) is 0.375. The van der Waals surface area contributed by atoms with Crippen molar-refractivity contribution in [2.24, 2.45) is 5.41 Å². The molecule has 0 aromatic heterocycles. The second-order valence-electron chi connectivity index (χ2n) is 5.31. The number of rotatable bonds is 3. The summed E-state index contributed by atoms with van der Waals surface area (Å²) in [5.41, 5.74) is -0.213. The van der Waals surface area contributed by atoms with Crippen LogP contribution in [-0.2, 0) is 14.3 Å². The van der Waals surface area contributed by atoms with Gasteiger partial charge < -0.3 is 14.6 Å². The highest BCUT2D eigenvalue weighted by atomic mass is 19.1. The number of methoxy groups -OCH3 is 1. The highest BCUT2D eigenvalue weighted by Gasteiger charge is 2.49. The number of carboxylic acid groups (broad SMARTS) is 1. The second kappa shape index (κ2) is 5.68. The van der Waals surface area contributed by atoms with E-state index in [1.54, 1.807) is 6.08 Å². The SMILES string of the molecule is COC(=O)[C@@]1(C(=O)[O-])CC=C(C)C[C@@H]1c1ccc(F)cc1. The molecule has 0 heterocycles. The first-order valence-electron chi connectivity index (χ1n) is 6.62. The Morgan fingerprint density at radius 2 is 1.95 bits per heavy atom. The van der Waals surface area contributed by atoms with Crippen LogP contribution in [0.15, 0.2) is 35.9 Å². The summed E-state index contributed by atoms with van der Waals surface area (Å²) in [7, 11) is 1.15. The number of allylic oxidation sites excluding steroid dienone is 2. The Morgan fingerprint density at radius 3 is 2.48 bits per heavy atom. The fourth-order valence-electron chi connectivity index (χ4n) is 2.87. The van der Waals surface area contributed by atoms with E-state index in [0.717, 1.165) is 12.7 Å². The van der Waals surface area contributed by atoms with Gasteiger partial charge in [0.05, 0.1) is 13.1 Å². The quantitative estimate of drug-likeness (QED) is 0.481. The zero-order valence-corrected chi connectivity index (χ0v) is 11.9. The molecular weight excluding hydrogens is 275 g/mol. The lowest BCUT2D eigenvalue weighted by atomic mass is 9.64. The van der Waals surface area contributed by atoms with Gasteiger partial charge in [0.15, 0.2) is 0 Å². The standard InChI is InChI=1S/C16H17FO4/c1-10-7-8-16(14(18)19,15(20)21-2)13(9-10)11-3-5-12(17)6-4-11/h3-7,13H,8-9H2,1-2H3,(H,18,19)/p-1/t13-,16+/m1/s1. The summed E-state index contributed by atoms with van der Waals surface area (Å²) in [6, 6.07) is 5.50. The second-order valence-corrected chi connectivity index (χ2v) is 5.31. The lowest BCUT2D eigenvalue weighted by molar-refractivity contribution is -0.319. The van der Waals surface area contributed by atoms with Gasteiger partial charge in [0.1, 0.15) is 11.2 Å². The summed E-state index contributed by atoms with van der Waals surface area (Å²) in [5.74, 6) is -3.35. The molecule has 0 saturated heterocycles. The number of ether oxygens (including phenoxy) is 1. The van der Waals surface area contributed by atoms with Gasteiger partial charge in [0, 0.05) is 5.92 Å². The van der Waals surface area contributed by atoms with Crippen LogP contribution in [0.1, 0.15) is 31.2 Å². The van der Waals surface area contributed by atoms with E-state index in [-0.39, 0.29) is 6.42 Å². The normalized spacial score (nSPS) is 25.1. The summed E-state index contributed by atoms with van der Waals surface area (Å²) in [5, 5.41) is 11.7. The Labute approximate surface area is 122 Å². The van der Waals surface area contributed by atoms with Crippen LogP contribution in [0, 0.1) is 11.2 Å². The van der Waals surface area contributed by atoms with Crippen molar-refractivity contribution in [1.82, 2.24) is 0 Å². The van der Waals surface area contributed by atoms with E-state index >= 15 is 0 Å². The van der Waals surface area contributed by atoms with Gasteiger partial charge in [-0.15, -0.1) is 0 Å². The van der Waals surface area contributed by atoms with Crippen LogP contribution >= 0.6 is 0 Å². The number of carbonyl (C=O) groups is 2. The summed E-state index contributed by atoms with van der Waals surface area (Å²) in [6.45, 7) is 1.87. The van der Waals surface area contributed by atoms with Gasteiger partial charge >= 0.3 is 5.97 Å². The number of halogens is 1. The third-order valence-corrected chi connectivity index (χ3v) is 4.08. The predicted octanol–water partition coefficient (Wildman–Crippen LogP) is 1.56. The number of carbonyl (C=O) groups excluding carboxylic acids is 2. The van der Waals surface area contributed by atoms with Crippen LogP contribution in [-0.4, -0.2) is 19.0 Å². The Morgan fingerprint density at radius 1 is 1.33 bits per heavy atom. The van der Waals surface area contributed by atoms with Crippen molar-refractivity contribution in [1.29, 1.82) is 0 Å². The van der Waals surface area contributed by atoms with Crippen molar-refractivity contribution in [2.75, 3.05) is 7.11 Å². The van der Waals surface area contributed by atoms with Crippen LogP contribution < -0.4 is 5.11 Å². The number of hydrogen-bond acceptors (Lipinski definition) is 4. The molecular formula is C16H16FO4-. The Kier molecular flexibility index (Phi) is 4.11. The van der Waals surface area contributed by atoms with E-state index < -0.39 is 29.1 Å². The highest BCUT2D eigenvalue weighted by molar-refractivity contribution is 6.00. The summed E-state index contributed by atoms with van der Waals surface area (Å²) in [4.78, 5) is 23.9. The molecule has 112 valence electrons. The van der Waals surface area contributed by atoms with Crippen LogP contribution in [0.3, 0.4) is 0 Å². The molecule has 21 heavy (non-hydrogen) atoms. The van der Waals surface area contributed by atoms with Crippen molar-refractivity contribution in [2.45, 2.75) is 25.7 Å². The predicted molar refractivity (Wildman–Crippen MR) is 71.6 cm³/mol. The van der Waals surface area contributed by atoms with Crippen molar-refractivity contribution in [3.63, 3.8) is 0 Å². The summed E-state index contributed by atoms with van der Waals surface area (Å²) >= 11 is 0. The van der Waals surface area contributed by atoms with E-state index in [0.29, 0.717) is 12.0 Å². The highest BCUT2D eigenvalue weighted by Crippen LogP contribution is 2.47. The minimum Gasteiger partial charge on any atom is -0.549 e. The van der Waals surface area contributed by atoms with Crippen LogP contribution in [0.25, 0.3) is 0 Å². The molecule has 0 spiro atoms. The number of hydrogen-bond donors (Lipinski definition) is 0. The first kappa shape index (κ1) is 15.2. The molecule has 1 aliphatic rings. The molecule has 1 aromatic carbocycles. The van der Waals surface area contributed by atoms with Crippen LogP contribution in [0.4, 0.5) is 4.39 Å². The largest absolute Gasteiger partial charge is 0.549 e.